The molecule has 1 rings (SSSR count). The molecule has 0 aromatic carbocycles. The van der Waals surface area contributed by atoms with Crippen LogP contribution in [0.4, 0.5) is 0 Å². The maximum absolute atomic E-state index is 11.4. The lowest BCUT2D eigenvalue weighted by molar-refractivity contribution is 0.0690. The normalized spacial score (nSPS) is 11.1. The largest absolute Gasteiger partial charge is 0.477 e. The smallest absolute Gasteiger partial charge is 0.354 e. The van der Waals surface area contributed by atoms with Crippen LogP contribution in [0.1, 0.15) is 28.0 Å². The van der Waals surface area contributed by atoms with Crippen LogP contribution >= 0.6 is 0 Å². The first-order valence-corrected chi connectivity index (χ1v) is 5.87. The predicted molar refractivity (Wildman–Crippen MR) is 52.8 cm³/mol. The third kappa shape index (κ3) is 2.40. The molecule has 0 aliphatic rings. The van der Waals surface area contributed by atoms with E-state index in [-0.39, 0.29) is 5.75 Å². The average Bonchev–Trinajstić information content (AvgIpc) is 2.28. The molecule has 1 aromatic heterocycles. The molecule has 1 heterocycles. The van der Waals surface area contributed by atoms with E-state index in [9.17, 15) is 18.0 Å². The van der Waals surface area contributed by atoms with Gasteiger partial charge in [-0.25, -0.2) is 23.2 Å². The van der Waals surface area contributed by atoms with Crippen molar-refractivity contribution in [3.63, 3.8) is 0 Å². The van der Waals surface area contributed by atoms with Crippen molar-refractivity contribution in [1.29, 1.82) is 0 Å². The highest BCUT2D eigenvalue weighted by atomic mass is 32.2. The van der Waals surface area contributed by atoms with Crippen LogP contribution < -0.4 is 0 Å². The standard InChI is InChI=1S/C8H8N2O5S/c1-2-16(14,15)8(13)6-9-4-3-5(10-6)7(11)12/h3-4H,2H2,1H3,(H,11,12). The molecule has 0 unspecified atom stereocenters. The Balaban J connectivity index is 3.21. The number of hydrogen-bond acceptors (Lipinski definition) is 6. The Labute approximate surface area is 91.1 Å². The highest BCUT2D eigenvalue weighted by Gasteiger charge is 2.25. The fourth-order valence-corrected chi connectivity index (χ4v) is 1.49. The molecule has 0 saturated carbocycles. The fourth-order valence-electron chi connectivity index (χ4n) is 0.846. The van der Waals surface area contributed by atoms with Gasteiger partial charge >= 0.3 is 11.1 Å². The summed E-state index contributed by atoms with van der Waals surface area (Å²) in [5, 5.41) is 7.33. The number of carboxylic acids is 1. The lowest BCUT2D eigenvalue weighted by Gasteiger charge is -1.99. The van der Waals surface area contributed by atoms with E-state index in [0.29, 0.717) is 0 Å². The number of aromatic nitrogens is 2. The summed E-state index contributed by atoms with van der Waals surface area (Å²) >= 11 is 0. The lowest BCUT2D eigenvalue weighted by Crippen LogP contribution is -2.20. The van der Waals surface area contributed by atoms with Crippen molar-refractivity contribution in [2.24, 2.45) is 0 Å². The van der Waals surface area contributed by atoms with Gasteiger partial charge in [0.05, 0.1) is 5.75 Å². The van der Waals surface area contributed by atoms with E-state index in [1.54, 1.807) is 0 Å². The van der Waals surface area contributed by atoms with Gasteiger partial charge in [0.1, 0.15) is 0 Å². The summed E-state index contributed by atoms with van der Waals surface area (Å²) in [5.41, 5.74) is -0.426. The van der Waals surface area contributed by atoms with Crippen molar-refractivity contribution in [1.82, 2.24) is 9.97 Å². The molecule has 0 aliphatic heterocycles. The highest BCUT2D eigenvalue weighted by Crippen LogP contribution is 2.02. The molecule has 0 radical (unpaired) electrons. The van der Waals surface area contributed by atoms with E-state index in [2.05, 4.69) is 9.97 Å². The van der Waals surface area contributed by atoms with E-state index in [0.717, 1.165) is 12.3 Å². The number of aromatic carboxylic acids is 1. The Morgan fingerprint density at radius 3 is 2.56 bits per heavy atom. The van der Waals surface area contributed by atoms with E-state index < -0.39 is 32.4 Å². The zero-order valence-electron chi connectivity index (χ0n) is 8.24. The first kappa shape index (κ1) is 12.2. The van der Waals surface area contributed by atoms with E-state index in [4.69, 9.17) is 5.11 Å². The molecule has 0 fully saturated rings. The summed E-state index contributed by atoms with van der Waals surface area (Å²) in [6.45, 7) is 1.30. The van der Waals surface area contributed by atoms with Crippen LogP contribution in [0.2, 0.25) is 0 Å². The van der Waals surface area contributed by atoms with Crippen molar-refractivity contribution in [2.45, 2.75) is 6.92 Å². The quantitative estimate of drug-likeness (QED) is 0.779. The van der Waals surface area contributed by atoms with Gasteiger partial charge in [0.2, 0.25) is 15.7 Å². The molecule has 1 aromatic rings. The zero-order valence-corrected chi connectivity index (χ0v) is 9.06. The monoisotopic (exact) mass is 244 g/mol. The van der Waals surface area contributed by atoms with Crippen LogP contribution in [0.25, 0.3) is 0 Å². The van der Waals surface area contributed by atoms with E-state index >= 15 is 0 Å². The molecular formula is C8H8N2O5S. The fraction of sp³-hybridized carbons (Fsp3) is 0.250. The van der Waals surface area contributed by atoms with Crippen LogP contribution in [0, 0.1) is 0 Å². The minimum atomic E-state index is -3.95. The molecule has 0 amide bonds. The van der Waals surface area contributed by atoms with Gasteiger partial charge in [0.25, 0.3) is 0 Å². The molecule has 16 heavy (non-hydrogen) atoms. The predicted octanol–water partition coefficient (Wildman–Crippen LogP) is -0.250. The topological polar surface area (TPSA) is 114 Å². The SMILES string of the molecule is CCS(=O)(=O)C(=O)c1nccc(C(=O)O)n1. The minimum absolute atomic E-state index is 0.382. The summed E-state index contributed by atoms with van der Waals surface area (Å²) in [6.07, 6.45) is 1.02. The Kier molecular flexibility index (Phi) is 3.33. The molecule has 8 heteroatoms. The number of carbonyl (C=O) groups is 2. The van der Waals surface area contributed by atoms with Gasteiger partial charge in [0.15, 0.2) is 5.69 Å². The summed E-state index contributed by atoms with van der Waals surface area (Å²) in [7, 11) is -3.95. The molecular weight excluding hydrogens is 236 g/mol. The summed E-state index contributed by atoms with van der Waals surface area (Å²) in [4.78, 5) is 28.7. The van der Waals surface area contributed by atoms with E-state index in [1.165, 1.54) is 6.92 Å². The maximum Gasteiger partial charge on any atom is 0.354 e. The van der Waals surface area contributed by atoms with Gasteiger partial charge in [-0.2, -0.15) is 0 Å². The van der Waals surface area contributed by atoms with Gasteiger partial charge in [-0.05, 0) is 6.07 Å². The molecule has 0 spiro atoms. The lowest BCUT2D eigenvalue weighted by atomic mass is 10.4. The van der Waals surface area contributed by atoms with Gasteiger partial charge in [0, 0.05) is 6.20 Å². The summed E-state index contributed by atoms with van der Waals surface area (Å²) in [5.74, 6) is -2.36. The molecule has 7 nitrogen and oxygen atoms in total. The van der Waals surface area contributed by atoms with Gasteiger partial charge in [-0.15, -0.1) is 0 Å². The zero-order chi connectivity index (χ0) is 12.3. The van der Waals surface area contributed by atoms with Crippen molar-refractivity contribution in [2.75, 3.05) is 5.75 Å². The van der Waals surface area contributed by atoms with Crippen molar-refractivity contribution in [3.05, 3.63) is 23.8 Å². The number of nitrogens with zero attached hydrogens (tertiary/aromatic N) is 2. The average molecular weight is 244 g/mol. The van der Waals surface area contributed by atoms with Crippen molar-refractivity contribution < 1.29 is 23.1 Å². The number of carboxylic acid groups (broad SMARTS) is 1. The first-order valence-electron chi connectivity index (χ1n) is 4.22. The molecule has 86 valence electrons. The maximum atomic E-state index is 11.4. The Hall–Kier alpha value is -1.83. The second-order valence-electron chi connectivity index (χ2n) is 2.76. The minimum Gasteiger partial charge on any atom is -0.477 e. The van der Waals surface area contributed by atoms with Crippen LogP contribution in [-0.2, 0) is 9.84 Å². The Morgan fingerprint density at radius 2 is 2.06 bits per heavy atom. The van der Waals surface area contributed by atoms with Gasteiger partial charge in [-0.3, -0.25) is 4.79 Å². The van der Waals surface area contributed by atoms with Crippen molar-refractivity contribution >= 4 is 20.9 Å². The highest BCUT2D eigenvalue weighted by molar-refractivity contribution is 8.06. The van der Waals surface area contributed by atoms with Crippen molar-refractivity contribution in [3.8, 4) is 0 Å². The molecule has 0 bridgehead atoms. The number of sulfone groups is 1. The number of rotatable bonds is 3. The number of carbonyl (C=O) groups excluding carboxylic acids is 1. The molecule has 0 aliphatic carbocycles. The molecule has 0 atom stereocenters. The van der Waals surface area contributed by atoms with E-state index in [1.807, 2.05) is 0 Å². The van der Waals surface area contributed by atoms with Crippen LogP contribution in [0.5, 0.6) is 0 Å². The Morgan fingerprint density at radius 1 is 1.44 bits per heavy atom. The molecule has 1 N–H and O–H groups in total. The number of hydrogen-bond donors (Lipinski definition) is 1. The third-order valence-electron chi connectivity index (χ3n) is 1.72. The second kappa shape index (κ2) is 4.35. The third-order valence-corrected chi connectivity index (χ3v) is 3.23. The first-order chi connectivity index (χ1) is 7.38. The van der Waals surface area contributed by atoms with Crippen LogP contribution in [0.15, 0.2) is 12.3 Å². The van der Waals surface area contributed by atoms with Crippen LogP contribution in [-0.4, -0.2) is 40.3 Å². The molecule has 0 saturated heterocycles. The van der Waals surface area contributed by atoms with Gasteiger partial charge in [-0.1, -0.05) is 6.92 Å². The Bertz CT molecular complexity index is 537. The summed E-state index contributed by atoms with van der Waals surface area (Å²) in [6, 6.07) is 1.07. The second-order valence-corrected chi connectivity index (χ2v) is 4.94. The summed E-state index contributed by atoms with van der Waals surface area (Å²) < 4.78 is 22.4. The van der Waals surface area contributed by atoms with Gasteiger partial charge < -0.3 is 5.11 Å². The van der Waals surface area contributed by atoms with Crippen LogP contribution in [0.3, 0.4) is 0 Å².